The van der Waals surface area contributed by atoms with Gasteiger partial charge in [0.05, 0.1) is 13.0 Å². The predicted octanol–water partition coefficient (Wildman–Crippen LogP) is 3.17. The van der Waals surface area contributed by atoms with Gasteiger partial charge in [0.15, 0.2) is 6.79 Å². The number of nitrogens with one attached hydrogen (secondary N) is 1. The van der Waals surface area contributed by atoms with Crippen LogP contribution in [0.25, 0.3) is 0 Å². The van der Waals surface area contributed by atoms with Crippen molar-refractivity contribution < 1.29 is 18.7 Å². The minimum Gasteiger partial charge on any atom is -0.467 e. The number of rotatable bonds is 4. The third kappa shape index (κ3) is 3.74. The third-order valence-electron chi connectivity index (χ3n) is 4.08. The first-order chi connectivity index (χ1) is 11.5. The molecule has 0 radical (unpaired) electrons. The van der Waals surface area contributed by atoms with Crippen molar-refractivity contribution >= 4 is 5.91 Å². The number of carbonyl (C=O) groups is 1. The quantitative estimate of drug-likeness (QED) is 0.937. The van der Waals surface area contributed by atoms with E-state index in [2.05, 4.69) is 5.32 Å². The van der Waals surface area contributed by atoms with Gasteiger partial charge in [-0.05, 0) is 37.1 Å². The summed E-state index contributed by atoms with van der Waals surface area (Å²) in [6.45, 7) is 4.67. The van der Waals surface area contributed by atoms with Crippen LogP contribution in [0, 0.1) is 19.7 Å². The molecule has 0 fully saturated rings. The highest BCUT2D eigenvalue weighted by molar-refractivity contribution is 5.79. The third-order valence-corrected chi connectivity index (χ3v) is 4.08. The van der Waals surface area contributed by atoms with Crippen LogP contribution in [0.1, 0.15) is 27.8 Å². The zero-order chi connectivity index (χ0) is 17.1. The Morgan fingerprint density at radius 2 is 2.04 bits per heavy atom. The Bertz CT molecular complexity index is 773. The molecule has 0 aromatic heterocycles. The lowest BCUT2D eigenvalue weighted by Crippen LogP contribution is -2.26. The Kier molecular flexibility index (Phi) is 4.81. The van der Waals surface area contributed by atoms with Gasteiger partial charge in [-0.25, -0.2) is 4.39 Å². The van der Waals surface area contributed by atoms with Crippen LogP contribution in [-0.2, 0) is 29.1 Å². The molecule has 0 saturated heterocycles. The van der Waals surface area contributed by atoms with E-state index in [0.29, 0.717) is 29.9 Å². The Balaban J connectivity index is 1.68. The fourth-order valence-corrected chi connectivity index (χ4v) is 2.81. The number of aryl methyl sites for hydroxylation is 2. The summed E-state index contributed by atoms with van der Waals surface area (Å²) in [6.07, 6.45) is 0.301. The maximum Gasteiger partial charge on any atom is 0.224 e. The van der Waals surface area contributed by atoms with Crippen molar-refractivity contribution in [3.63, 3.8) is 0 Å². The lowest BCUT2D eigenvalue weighted by Gasteiger charge is -2.21. The second kappa shape index (κ2) is 7.01. The van der Waals surface area contributed by atoms with E-state index in [1.54, 1.807) is 0 Å². The van der Waals surface area contributed by atoms with Gasteiger partial charge in [-0.2, -0.15) is 0 Å². The number of hydrogen-bond donors (Lipinski definition) is 1. The van der Waals surface area contributed by atoms with Gasteiger partial charge in [0.25, 0.3) is 0 Å². The molecule has 3 rings (SSSR count). The molecule has 5 heteroatoms. The number of benzene rings is 2. The monoisotopic (exact) mass is 329 g/mol. The van der Waals surface area contributed by atoms with Gasteiger partial charge < -0.3 is 14.8 Å². The van der Waals surface area contributed by atoms with E-state index < -0.39 is 0 Å². The lowest BCUT2D eigenvalue weighted by molar-refractivity contribution is -0.120. The van der Waals surface area contributed by atoms with Crippen molar-refractivity contribution in [1.29, 1.82) is 0 Å². The Labute approximate surface area is 140 Å². The largest absolute Gasteiger partial charge is 0.467 e. The molecule has 2 aromatic rings. The molecule has 4 nitrogen and oxygen atoms in total. The lowest BCUT2D eigenvalue weighted by atomic mass is 10.0. The Morgan fingerprint density at radius 3 is 2.88 bits per heavy atom. The van der Waals surface area contributed by atoms with Crippen LogP contribution < -0.4 is 10.1 Å². The van der Waals surface area contributed by atoms with E-state index in [1.807, 2.05) is 32.0 Å². The summed E-state index contributed by atoms with van der Waals surface area (Å²) in [4.78, 5) is 12.2. The van der Waals surface area contributed by atoms with Crippen LogP contribution in [0.4, 0.5) is 4.39 Å². The molecule has 1 aliphatic rings. The van der Waals surface area contributed by atoms with Crippen LogP contribution >= 0.6 is 0 Å². The van der Waals surface area contributed by atoms with Crippen LogP contribution in [0.2, 0.25) is 0 Å². The van der Waals surface area contributed by atoms with Crippen molar-refractivity contribution in [2.24, 2.45) is 0 Å². The average Bonchev–Trinajstić information content (AvgIpc) is 2.56. The number of hydrogen-bond acceptors (Lipinski definition) is 3. The second-order valence-corrected chi connectivity index (χ2v) is 6.05. The maximum absolute atomic E-state index is 13.7. The van der Waals surface area contributed by atoms with Gasteiger partial charge in [0, 0.05) is 17.7 Å². The van der Waals surface area contributed by atoms with Gasteiger partial charge >= 0.3 is 0 Å². The van der Waals surface area contributed by atoms with Crippen molar-refractivity contribution in [2.45, 2.75) is 33.4 Å². The van der Waals surface area contributed by atoms with Gasteiger partial charge in [0.1, 0.15) is 11.6 Å². The summed E-state index contributed by atoms with van der Waals surface area (Å²) in [5, 5.41) is 2.85. The first-order valence-electron chi connectivity index (χ1n) is 7.87. The molecule has 1 heterocycles. The standard InChI is InChI=1S/C19H20FNO3/c1-12-3-4-13(2)14(5-12)8-18(22)21-9-15-6-17(20)7-16-10-23-11-24-19(15)16/h3-7H,8-11H2,1-2H3,(H,21,22). The van der Waals surface area contributed by atoms with E-state index in [1.165, 1.54) is 12.1 Å². The van der Waals surface area contributed by atoms with Crippen molar-refractivity contribution in [2.75, 3.05) is 6.79 Å². The maximum atomic E-state index is 13.7. The minimum atomic E-state index is -0.360. The molecule has 1 amide bonds. The molecular weight excluding hydrogens is 309 g/mol. The van der Waals surface area contributed by atoms with Crippen molar-refractivity contribution in [1.82, 2.24) is 5.32 Å². The smallest absolute Gasteiger partial charge is 0.224 e. The first kappa shape index (κ1) is 16.5. The molecule has 0 saturated carbocycles. The number of amides is 1. The van der Waals surface area contributed by atoms with Gasteiger partial charge in [-0.3, -0.25) is 4.79 Å². The first-order valence-corrected chi connectivity index (χ1v) is 7.87. The van der Waals surface area contributed by atoms with Gasteiger partial charge in [0.2, 0.25) is 5.91 Å². The van der Waals surface area contributed by atoms with E-state index in [0.717, 1.165) is 16.7 Å². The topological polar surface area (TPSA) is 47.6 Å². The number of halogens is 1. The van der Waals surface area contributed by atoms with E-state index in [-0.39, 0.29) is 25.1 Å². The second-order valence-electron chi connectivity index (χ2n) is 6.05. The summed E-state index contributed by atoms with van der Waals surface area (Å²) in [6, 6.07) is 8.83. The van der Waals surface area contributed by atoms with Crippen molar-refractivity contribution in [3.05, 3.63) is 64.0 Å². The molecule has 0 spiro atoms. The van der Waals surface area contributed by atoms with Crippen LogP contribution in [0.15, 0.2) is 30.3 Å². The zero-order valence-electron chi connectivity index (χ0n) is 13.8. The molecule has 1 aliphatic heterocycles. The number of fused-ring (bicyclic) bond motifs is 1. The van der Waals surface area contributed by atoms with Crippen LogP contribution in [0.5, 0.6) is 5.75 Å². The molecular formula is C19H20FNO3. The molecule has 24 heavy (non-hydrogen) atoms. The average molecular weight is 329 g/mol. The highest BCUT2D eigenvalue weighted by Crippen LogP contribution is 2.29. The fourth-order valence-electron chi connectivity index (χ4n) is 2.81. The summed E-state index contributed by atoms with van der Waals surface area (Å²) in [5.74, 6) is 0.144. The van der Waals surface area contributed by atoms with E-state index in [4.69, 9.17) is 9.47 Å². The highest BCUT2D eigenvalue weighted by Gasteiger charge is 2.17. The summed E-state index contributed by atoms with van der Waals surface area (Å²) in [7, 11) is 0. The van der Waals surface area contributed by atoms with Crippen molar-refractivity contribution in [3.8, 4) is 5.75 Å². The summed E-state index contributed by atoms with van der Waals surface area (Å²) in [5.41, 5.74) is 4.50. The molecule has 0 aliphatic carbocycles. The Hall–Kier alpha value is -2.40. The van der Waals surface area contributed by atoms with E-state index >= 15 is 0 Å². The number of carbonyl (C=O) groups excluding carboxylic acids is 1. The molecule has 0 atom stereocenters. The highest BCUT2D eigenvalue weighted by atomic mass is 19.1. The molecule has 2 aromatic carbocycles. The molecule has 1 N–H and O–H groups in total. The van der Waals surface area contributed by atoms with Crippen LogP contribution in [0.3, 0.4) is 0 Å². The Morgan fingerprint density at radius 1 is 1.21 bits per heavy atom. The van der Waals surface area contributed by atoms with Gasteiger partial charge in [-0.1, -0.05) is 23.8 Å². The van der Waals surface area contributed by atoms with Crippen LogP contribution in [-0.4, -0.2) is 12.7 Å². The molecule has 126 valence electrons. The predicted molar refractivity (Wildman–Crippen MR) is 88.2 cm³/mol. The normalized spacial score (nSPS) is 13.1. The minimum absolute atomic E-state index is 0.103. The van der Waals surface area contributed by atoms with Gasteiger partial charge in [-0.15, -0.1) is 0 Å². The zero-order valence-corrected chi connectivity index (χ0v) is 13.8. The SMILES string of the molecule is Cc1ccc(C)c(CC(=O)NCc2cc(F)cc3c2OCOC3)c1. The summed E-state index contributed by atoms with van der Waals surface area (Å²) >= 11 is 0. The summed E-state index contributed by atoms with van der Waals surface area (Å²) < 4.78 is 24.3. The number of ether oxygens (including phenoxy) is 2. The molecule has 0 bridgehead atoms. The molecule has 0 unspecified atom stereocenters. The van der Waals surface area contributed by atoms with E-state index in [9.17, 15) is 9.18 Å². The fraction of sp³-hybridized carbons (Fsp3) is 0.316.